The van der Waals surface area contributed by atoms with Crippen LogP contribution in [-0.2, 0) is 12.6 Å². The van der Waals surface area contributed by atoms with Crippen molar-refractivity contribution in [2.75, 3.05) is 23.7 Å². The summed E-state index contributed by atoms with van der Waals surface area (Å²) in [5.41, 5.74) is 6.64. The largest absolute Gasteiger partial charge is 0.383 e. The van der Waals surface area contributed by atoms with Crippen molar-refractivity contribution in [1.29, 1.82) is 0 Å². The van der Waals surface area contributed by atoms with Gasteiger partial charge in [-0.05, 0) is 50.2 Å². The predicted octanol–water partition coefficient (Wildman–Crippen LogP) is 4.81. The quantitative estimate of drug-likeness (QED) is 0.455. The van der Waals surface area contributed by atoms with E-state index in [0.29, 0.717) is 22.3 Å². The molecule has 35 heavy (non-hydrogen) atoms. The standard InChI is InChI=1S/C25H23F3N6O/c1-4-34-24(35)33(12-25(34,2)18-9-14(26)5-8-19(18)27)15-6-7-16(20(28)10-15)17-11-32(3)23-21(17)22(29)30-13-31-23/h5-11,13H,4,12H2,1-3H3,(H2,29,30,31). The maximum absolute atomic E-state index is 15.4. The van der Waals surface area contributed by atoms with Gasteiger partial charge in [-0.25, -0.2) is 27.9 Å². The number of nitrogens with two attached hydrogens (primary N) is 1. The zero-order valence-electron chi connectivity index (χ0n) is 19.4. The van der Waals surface area contributed by atoms with E-state index in [9.17, 15) is 13.6 Å². The third-order valence-corrected chi connectivity index (χ3v) is 6.69. The van der Waals surface area contributed by atoms with Gasteiger partial charge in [-0.2, -0.15) is 0 Å². The molecule has 2 aromatic carbocycles. The number of hydrogen-bond donors (Lipinski definition) is 1. The Hall–Kier alpha value is -4.08. The average Bonchev–Trinajstić information content (AvgIpc) is 3.30. The summed E-state index contributed by atoms with van der Waals surface area (Å²) in [6.07, 6.45) is 3.06. The number of fused-ring (bicyclic) bond motifs is 1. The van der Waals surface area contributed by atoms with Crippen molar-refractivity contribution in [2.24, 2.45) is 7.05 Å². The highest BCUT2D eigenvalue weighted by molar-refractivity contribution is 6.01. The SMILES string of the molecule is CCN1C(=O)N(c2ccc(-c3cn(C)c4ncnc(N)c34)c(F)c2)CC1(C)c1cc(F)ccc1F. The van der Waals surface area contributed by atoms with Crippen molar-refractivity contribution in [3.05, 3.63) is 71.9 Å². The topological polar surface area (TPSA) is 80.3 Å². The van der Waals surface area contributed by atoms with E-state index in [-0.39, 0.29) is 30.0 Å². The number of anilines is 2. The molecule has 180 valence electrons. The van der Waals surface area contributed by atoms with Crippen LogP contribution in [0.2, 0.25) is 0 Å². The monoisotopic (exact) mass is 480 g/mol. The van der Waals surface area contributed by atoms with Gasteiger partial charge >= 0.3 is 6.03 Å². The van der Waals surface area contributed by atoms with E-state index >= 15 is 4.39 Å². The summed E-state index contributed by atoms with van der Waals surface area (Å²) < 4.78 is 45.8. The summed E-state index contributed by atoms with van der Waals surface area (Å²) in [6.45, 7) is 3.72. The molecule has 0 saturated carbocycles. The Balaban J connectivity index is 1.56. The Labute approximate surface area is 199 Å². The molecule has 0 aliphatic carbocycles. The molecule has 5 rings (SSSR count). The predicted molar refractivity (Wildman–Crippen MR) is 127 cm³/mol. The minimum absolute atomic E-state index is 0.0217. The van der Waals surface area contributed by atoms with Gasteiger partial charge in [0.1, 0.15) is 35.2 Å². The van der Waals surface area contributed by atoms with Gasteiger partial charge in [0.2, 0.25) is 0 Å². The lowest BCUT2D eigenvalue weighted by Gasteiger charge is -2.33. The lowest BCUT2D eigenvalue weighted by molar-refractivity contribution is 0.169. The fourth-order valence-electron chi connectivity index (χ4n) is 4.97. The second kappa shape index (κ2) is 8.00. The van der Waals surface area contributed by atoms with Crippen LogP contribution in [0.5, 0.6) is 0 Å². The number of halogens is 3. The number of likely N-dealkylation sites (N-methyl/N-ethyl adjacent to an activating group) is 1. The van der Waals surface area contributed by atoms with Crippen molar-refractivity contribution < 1.29 is 18.0 Å². The van der Waals surface area contributed by atoms with Crippen molar-refractivity contribution in [3.8, 4) is 11.1 Å². The number of carbonyl (C=O) groups is 1. The first-order valence-electron chi connectivity index (χ1n) is 11.1. The van der Waals surface area contributed by atoms with Gasteiger partial charge in [0.05, 0.1) is 17.5 Å². The third kappa shape index (κ3) is 3.39. The maximum Gasteiger partial charge on any atom is 0.325 e. The van der Waals surface area contributed by atoms with E-state index in [2.05, 4.69) is 9.97 Å². The van der Waals surface area contributed by atoms with Crippen LogP contribution in [0.1, 0.15) is 19.4 Å². The van der Waals surface area contributed by atoms with Gasteiger partial charge in [-0.1, -0.05) is 0 Å². The van der Waals surface area contributed by atoms with E-state index < -0.39 is 29.0 Å². The third-order valence-electron chi connectivity index (χ3n) is 6.69. The van der Waals surface area contributed by atoms with Crippen LogP contribution in [0.4, 0.5) is 29.5 Å². The lowest BCUT2D eigenvalue weighted by atomic mass is 9.90. The van der Waals surface area contributed by atoms with Crippen molar-refractivity contribution in [2.45, 2.75) is 19.4 Å². The summed E-state index contributed by atoms with van der Waals surface area (Å²) in [5.74, 6) is -1.55. The second-order valence-electron chi connectivity index (χ2n) is 8.79. The number of amides is 2. The molecule has 1 aliphatic heterocycles. The van der Waals surface area contributed by atoms with Crippen LogP contribution in [0.3, 0.4) is 0 Å². The highest BCUT2D eigenvalue weighted by Gasteiger charge is 2.48. The molecule has 2 aromatic heterocycles. The molecule has 4 aromatic rings. The van der Waals surface area contributed by atoms with Crippen molar-refractivity contribution in [1.82, 2.24) is 19.4 Å². The minimum Gasteiger partial charge on any atom is -0.383 e. The molecule has 1 fully saturated rings. The normalized spacial score (nSPS) is 18.2. The van der Waals surface area contributed by atoms with Gasteiger partial charge in [0.25, 0.3) is 0 Å². The molecule has 0 spiro atoms. The van der Waals surface area contributed by atoms with Crippen LogP contribution in [0.25, 0.3) is 22.2 Å². The van der Waals surface area contributed by atoms with Gasteiger partial charge < -0.3 is 15.2 Å². The van der Waals surface area contributed by atoms with Crippen LogP contribution in [0.15, 0.2) is 48.9 Å². The Morgan fingerprint density at radius 3 is 2.54 bits per heavy atom. The van der Waals surface area contributed by atoms with Gasteiger partial charge in [-0.15, -0.1) is 0 Å². The molecule has 1 aliphatic rings. The summed E-state index contributed by atoms with van der Waals surface area (Å²) in [4.78, 5) is 24.4. The summed E-state index contributed by atoms with van der Waals surface area (Å²) in [7, 11) is 1.78. The van der Waals surface area contributed by atoms with E-state index in [1.807, 2.05) is 0 Å². The van der Waals surface area contributed by atoms with Crippen molar-refractivity contribution in [3.63, 3.8) is 0 Å². The first-order chi connectivity index (χ1) is 16.7. The average molecular weight is 480 g/mol. The fraction of sp³-hybridized carbons (Fsp3) is 0.240. The van der Waals surface area contributed by atoms with Crippen LogP contribution < -0.4 is 10.6 Å². The molecule has 3 heterocycles. The number of benzene rings is 2. The first kappa shape index (κ1) is 22.7. The van der Waals surface area contributed by atoms with E-state index in [1.54, 1.807) is 43.8 Å². The number of aromatic nitrogens is 3. The number of carbonyl (C=O) groups excluding carboxylic acids is 1. The Bertz CT molecular complexity index is 1490. The van der Waals surface area contributed by atoms with Gasteiger partial charge in [0, 0.05) is 42.2 Å². The zero-order chi connectivity index (χ0) is 25.1. The van der Waals surface area contributed by atoms with Gasteiger partial charge in [0.15, 0.2) is 0 Å². The molecular formula is C25H23F3N6O. The number of hydrogen-bond acceptors (Lipinski definition) is 4. The number of nitrogens with zero attached hydrogens (tertiary/aromatic N) is 5. The van der Waals surface area contributed by atoms with Crippen molar-refractivity contribution >= 4 is 28.6 Å². The van der Waals surface area contributed by atoms with Crippen LogP contribution in [-0.4, -0.2) is 38.6 Å². The highest BCUT2D eigenvalue weighted by atomic mass is 19.1. The highest BCUT2D eigenvalue weighted by Crippen LogP contribution is 2.41. The van der Waals surface area contributed by atoms with Gasteiger partial charge in [-0.3, -0.25) is 4.90 Å². The zero-order valence-corrected chi connectivity index (χ0v) is 19.4. The fourth-order valence-corrected chi connectivity index (χ4v) is 4.97. The first-order valence-corrected chi connectivity index (χ1v) is 11.1. The number of nitrogen functional groups attached to an aromatic ring is 1. The molecule has 2 amide bonds. The molecular weight excluding hydrogens is 457 g/mol. The van der Waals surface area contributed by atoms with Crippen LogP contribution >= 0.6 is 0 Å². The lowest BCUT2D eigenvalue weighted by Crippen LogP contribution is -2.42. The Kier molecular flexibility index (Phi) is 5.19. The van der Waals surface area contributed by atoms with E-state index in [0.717, 1.165) is 18.2 Å². The van der Waals surface area contributed by atoms with E-state index in [1.165, 1.54) is 22.2 Å². The molecule has 2 N–H and O–H groups in total. The molecule has 7 nitrogen and oxygen atoms in total. The second-order valence-corrected chi connectivity index (χ2v) is 8.79. The number of rotatable bonds is 4. The number of urea groups is 1. The Morgan fingerprint density at radius 1 is 1.06 bits per heavy atom. The molecule has 10 heteroatoms. The maximum atomic E-state index is 15.4. The van der Waals surface area contributed by atoms with Crippen LogP contribution in [0, 0.1) is 17.5 Å². The smallest absolute Gasteiger partial charge is 0.325 e. The number of aryl methyl sites for hydroxylation is 1. The molecule has 0 bridgehead atoms. The summed E-state index contributed by atoms with van der Waals surface area (Å²) >= 11 is 0. The molecule has 0 radical (unpaired) electrons. The Morgan fingerprint density at radius 2 is 1.83 bits per heavy atom. The molecule has 1 saturated heterocycles. The van der Waals surface area contributed by atoms with E-state index in [4.69, 9.17) is 5.73 Å². The summed E-state index contributed by atoms with van der Waals surface area (Å²) in [5, 5.41) is 0.533. The molecule has 1 unspecified atom stereocenters. The molecule has 1 atom stereocenters. The summed E-state index contributed by atoms with van der Waals surface area (Å²) in [6, 6.07) is 7.20. The minimum atomic E-state index is -1.14.